The van der Waals surface area contributed by atoms with E-state index < -0.39 is 22.0 Å². The van der Waals surface area contributed by atoms with Crippen molar-refractivity contribution in [2.75, 3.05) is 7.11 Å². The van der Waals surface area contributed by atoms with E-state index in [1.165, 1.54) is 30.3 Å². The van der Waals surface area contributed by atoms with E-state index in [-0.39, 0.29) is 27.8 Å². The highest BCUT2D eigenvalue weighted by Gasteiger charge is 2.23. The number of nitrogens with one attached hydrogen (secondary N) is 2. The summed E-state index contributed by atoms with van der Waals surface area (Å²) in [7, 11) is 1.14. The van der Waals surface area contributed by atoms with E-state index in [0.717, 1.165) is 7.11 Å². The molecule has 9 nitrogen and oxygen atoms in total. The third kappa shape index (κ3) is 2.75. The normalized spacial score (nSPS) is 10.7. The molecule has 2 aromatic heterocycles. The molecule has 0 unspecified atom stereocenters. The molecule has 0 bridgehead atoms. The number of aromatic nitrogens is 1. The Morgan fingerprint density at radius 3 is 2.54 bits per heavy atom. The highest BCUT2D eigenvalue weighted by Crippen LogP contribution is 2.30. The Labute approximate surface area is 145 Å². The van der Waals surface area contributed by atoms with Gasteiger partial charge < -0.3 is 14.1 Å². The number of hydrogen-bond acceptors (Lipinski definition) is 7. The van der Waals surface area contributed by atoms with Crippen LogP contribution in [-0.4, -0.2) is 23.0 Å². The molecule has 0 aliphatic heterocycles. The Morgan fingerprint density at radius 1 is 1.31 bits per heavy atom. The zero-order chi connectivity index (χ0) is 19.0. The van der Waals surface area contributed by atoms with Gasteiger partial charge >= 0.3 is 5.97 Å². The van der Waals surface area contributed by atoms with Gasteiger partial charge in [-0.2, -0.15) is 0 Å². The first kappa shape index (κ1) is 17.1. The molecule has 2 heterocycles. The van der Waals surface area contributed by atoms with Crippen LogP contribution in [0.2, 0.25) is 0 Å². The predicted octanol–water partition coefficient (Wildman–Crippen LogP) is 2.27. The van der Waals surface area contributed by atoms with E-state index in [9.17, 15) is 19.7 Å². The van der Waals surface area contributed by atoms with Gasteiger partial charge in [-0.25, -0.2) is 4.79 Å². The maximum atomic E-state index is 12.5. The topological polar surface area (TPSA) is 139 Å². The number of aromatic amines is 1. The van der Waals surface area contributed by atoms with Crippen LogP contribution in [0.5, 0.6) is 0 Å². The van der Waals surface area contributed by atoms with Gasteiger partial charge in [0.05, 0.1) is 17.4 Å². The fraction of sp³-hybridized carbons (Fsp3) is 0.118. The van der Waals surface area contributed by atoms with Crippen LogP contribution in [-0.2, 0) is 4.74 Å². The van der Waals surface area contributed by atoms with E-state index >= 15 is 0 Å². The first-order valence-corrected chi connectivity index (χ1v) is 7.42. The Kier molecular flexibility index (Phi) is 4.13. The lowest BCUT2D eigenvalue weighted by Gasteiger charge is -2.11. The number of aryl methyl sites for hydroxylation is 1. The fourth-order valence-corrected chi connectivity index (χ4v) is 2.71. The molecule has 0 spiro atoms. The fourth-order valence-electron chi connectivity index (χ4n) is 2.71. The molecule has 3 rings (SSSR count). The van der Waals surface area contributed by atoms with Gasteiger partial charge in [-0.1, -0.05) is 0 Å². The molecule has 1 aromatic carbocycles. The Hall–Kier alpha value is -3.75. The molecule has 0 atom stereocenters. The van der Waals surface area contributed by atoms with Gasteiger partial charge in [-0.3, -0.25) is 20.3 Å². The number of H-pyrrole nitrogens is 1. The summed E-state index contributed by atoms with van der Waals surface area (Å²) in [6.07, 6.45) is 0. The second kappa shape index (κ2) is 6.28. The molecule has 9 heteroatoms. The molecule has 132 valence electrons. The van der Waals surface area contributed by atoms with Crippen molar-refractivity contribution in [3.8, 4) is 11.1 Å². The number of fused-ring (bicyclic) bond motifs is 1. The maximum Gasteiger partial charge on any atom is 0.344 e. The largest absolute Gasteiger partial charge is 0.465 e. The van der Waals surface area contributed by atoms with Crippen LogP contribution in [0, 0.1) is 22.4 Å². The third-order valence-corrected chi connectivity index (χ3v) is 3.83. The molecule has 2 N–H and O–H groups in total. The van der Waals surface area contributed by atoms with Crippen LogP contribution in [0.4, 0.5) is 5.69 Å². The zero-order valence-corrected chi connectivity index (χ0v) is 13.8. The number of ether oxygens (including phenoxy) is 1. The van der Waals surface area contributed by atoms with Crippen molar-refractivity contribution >= 4 is 22.6 Å². The Bertz CT molecular complexity index is 1160. The lowest BCUT2D eigenvalue weighted by Crippen LogP contribution is -2.20. The number of nitro benzene ring substituents is 1. The van der Waals surface area contributed by atoms with Gasteiger partial charge in [0.25, 0.3) is 11.2 Å². The Morgan fingerprint density at radius 2 is 1.96 bits per heavy atom. The zero-order valence-electron chi connectivity index (χ0n) is 13.8. The smallest absolute Gasteiger partial charge is 0.344 e. The highest BCUT2D eigenvalue weighted by molar-refractivity contribution is 6.05. The number of pyridine rings is 1. The van der Waals surface area contributed by atoms with Crippen LogP contribution in [0.3, 0.4) is 0 Å². The van der Waals surface area contributed by atoms with Gasteiger partial charge in [0, 0.05) is 29.5 Å². The summed E-state index contributed by atoms with van der Waals surface area (Å²) in [5, 5.41) is 19.0. The minimum atomic E-state index is -0.853. The number of carbonyl (C=O) groups is 1. The summed E-state index contributed by atoms with van der Waals surface area (Å²) in [5.41, 5.74) is -0.246. The summed E-state index contributed by atoms with van der Waals surface area (Å²) < 4.78 is 10.1. The molecule has 0 aliphatic carbocycles. The Balaban J connectivity index is 2.47. The average Bonchev–Trinajstić information content (AvgIpc) is 2.59. The second-order valence-electron chi connectivity index (χ2n) is 5.50. The lowest BCUT2D eigenvalue weighted by atomic mass is 9.97. The number of carbonyl (C=O) groups excluding carboxylic acids is 1. The first-order valence-electron chi connectivity index (χ1n) is 7.42. The van der Waals surface area contributed by atoms with Crippen LogP contribution in [0.15, 0.2) is 39.5 Å². The second-order valence-corrected chi connectivity index (χ2v) is 5.50. The molecule has 0 fully saturated rings. The van der Waals surface area contributed by atoms with E-state index in [1.54, 1.807) is 6.92 Å². The van der Waals surface area contributed by atoms with Crippen LogP contribution in [0.1, 0.15) is 16.1 Å². The van der Waals surface area contributed by atoms with Crippen LogP contribution < -0.4 is 11.1 Å². The van der Waals surface area contributed by atoms with E-state index in [2.05, 4.69) is 4.98 Å². The van der Waals surface area contributed by atoms with Gasteiger partial charge in [0.15, 0.2) is 0 Å². The summed E-state index contributed by atoms with van der Waals surface area (Å²) in [6, 6.07) is 6.83. The molecule has 3 aromatic rings. The van der Waals surface area contributed by atoms with E-state index in [1.807, 2.05) is 0 Å². The van der Waals surface area contributed by atoms with Gasteiger partial charge in [0.1, 0.15) is 11.1 Å². The molecule has 0 saturated heterocycles. The monoisotopic (exact) mass is 355 g/mol. The summed E-state index contributed by atoms with van der Waals surface area (Å²) in [4.78, 5) is 37.6. The number of hydrogen-bond donors (Lipinski definition) is 2. The van der Waals surface area contributed by atoms with Crippen molar-refractivity contribution in [3.05, 3.63) is 67.6 Å². The molecular formula is C17H13N3O6. The first-order chi connectivity index (χ1) is 12.3. The number of non-ortho nitro benzene ring substituents is 1. The minimum Gasteiger partial charge on any atom is -0.465 e. The van der Waals surface area contributed by atoms with Crippen molar-refractivity contribution in [2.45, 2.75) is 6.92 Å². The van der Waals surface area contributed by atoms with Crippen molar-refractivity contribution in [1.29, 1.82) is 5.41 Å². The molecular weight excluding hydrogens is 342 g/mol. The SMILES string of the molecule is COC(=O)c1c(-c2ccc([N+](=O)[O-])cc2)c2c(=O)[nH]c(C)cc2oc1=N. The van der Waals surface area contributed by atoms with Crippen molar-refractivity contribution in [1.82, 2.24) is 4.98 Å². The lowest BCUT2D eigenvalue weighted by molar-refractivity contribution is -0.384. The minimum absolute atomic E-state index is 0.0563. The van der Waals surface area contributed by atoms with Crippen LogP contribution >= 0.6 is 0 Å². The standard InChI is InChI=1S/C17H13N3O6/c1-8-7-11-13(16(21)19-8)12(14(15(18)26-11)17(22)25-2)9-3-5-10(6-4-9)20(23)24/h3-7,18H,1-2H3,(H,19,21). The highest BCUT2D eigenvalue weighted by atomic mass is 16.6. The van der Waals surface area contributed by atoms with Gasteiger partial charge in [0.2, 0.25) is 5.55 Å². The number of methoxy groups -OCH3 is 1. The summed E-state index contributed by atoms with van der Waals surface area (Å²) in [5.74, 6) is -0.853. The molecule has 0 saturated carbocycles. The molecule has 0 amide bonds. The van der Waals surface area contributed by atoms with Crippen molar-refractivity contribution in [3.63, 3.8) is 0 Å². The van der Waals surface area contributed by atoms with Crippen molar-refractivity contribution < 1.29 is 18.9 Å². The molecule has 0 aliphatic rings. The van der Waals surface area contributed by atoms with E-state index in [0.29, 0.717) is 11.3 Å². The maximum absolute atomic E-state index is 12.5. The summed E-state index contributed by atoms with van der Waals surface area (Å²) >= 11 is 0. The number of benzene rings is 1. The summed E-state index contributed by atoms with van der Waals surface area (Å²) in [6.45, 7) is 1.65. The number of rotatable bonds is 3. The number of esters is 1. The third-order valence-electron chi connectivity index (χ3n) is 3.83. The average molecular weight is 355 g/mol. The predicted molar refractivity (Wildman–Crippen MR) is 90.9 cm³/mol. The van der Waals surface area contributed by atoms with E-state index in [4.69, 9.17) is 14.6 Å². The van der Waals surface area contributed by atoms with Crippen molar-refractivity contribution in [2.24, 2.45) is 0 Å². The van der Waals surface area contributed by atoms with Gasteiger partial charge in [-0.05, 0) is 24.6 Å². The van der Waals surface area contributed by atoms with Gasteiger partial charge in [-0.15, -0.1) is 0 Å². The van der Waals surface area contributed by atoms with Crippen LogP contribution in [0.25, 0.3) is 22.1 Å². The quantitative estimate of drug-likeness (QED) is 0.420. The number of nitro groups is 1. The number of nitrogens with zero attached hydrogens (tertiary/aromatic N) is 1. The molecule has 26 heavy (non-hydrogen) atoms. The molecule has 0 radical (unpaired) electrons.